The average Bonchev–Trinajstić information content (AvgIpc) is 2.73. The van der Waals surface area contributed by atoms with Crippen LogP contribution in [0.15, 0.2) is 30.5 Å². The van der Waals surface area contributed by atoms with E-state index < -0.39 is 20.4 Å². The summed E-state index contributed by atoms with van der Waals surface area (Å²) in [5.74, 6) is -0.166. The molecule has 10 heteroatoms. The highest BCUT2D eigenvalue weighted by Crippen LogP contribution is 2.38. The van der Waals surface area contributed by atoms with Crippen LogP contribution in [0.4, 0.5) is 5.69 Å². The lowest BCUT2D eigenvalue weighted by atomic mass is 9.94. The fourth-order valence-corrected chi connectivity index (χ4v) is 5.07. The Hall–Kier alpha value is -3.14. The van der Waals surface area contributed by atoms with E-state index in [0.717, 1.165) is 0 Å². The van der Waals surface area contributed by atoms with E-state index in [1.807, 2.05) is 0 Å². The van der Waals surface area contributed by atoms with Crippen molar-refractivity contribution < 1.29 is 22.7 Å². The van der Waals surface area contributed by atoms with Crippen LogP contribution in [0.1, 0.15) is 47.8 Å². The third kappa shape index (κ3) is 4.55. The second-order valence-corrected chi connectivity index (χ2v) is 10.9. The van der Waals surface area contributed by atoms with Gasteiger partial charge in [-0.05, 0) is 57.0 Å². The number of nitrogens with two attached hydrogens (primary N) is 1. The lowest BCUT2D eigenvalue weighted by Crippen LogP contribution is -2.47. The lowest BCUT2D eigenvalue weighted by Gasteiger charge is -2.30. The Morgan fingerprint density at radius 1 is 1.38 bits per heavy atom. The van der Waals surface area contributed by atoms with Gasteiger partial charge in [-0.2, -0.15) is 0 Å². The number of benzene rings is 1. The van der Waals surface area contributed by atoms with Gasteiger partial charge < -0.3 is 20.5 Å². The fraction of sp³-hybridized carbons (Fsp3) is 0.409. The number of amides is 1. The first-order valence-electron chi connectivity index (χ1n) is 10.1. The van der Waals surface area contributed by atoms with Gasteiger partial charge in [0.05, 0.1) is 25.7 Å². The number of methoxy groups -OCH3 is 1. The summed E-state index contributed by atoms with van der Waals surface area (Å²) in [6.45, 7) is 5.02. The van der Waals surface area contributed by atoms with Crippen LogP contribution < -0.4 is 20.5 Å². The highest BCUT2D eigenvalue weighted by atomic mass is 32.2. The van der Waals surface area contributed by atoms with Crippen molar-refractivity contribution in [2.75, 3.05) is 24.8 Å². The summed E-state index contributed by atoms with van der Waals surface area (Å²) in [6, 6.07) is 6.87. The van der Waals surface area contributed by atoms with Gasteiger partial charge in [-0.3, -0.25) is 10.2 Å². The van der Waals surface area contributed by atoms with Gasteiger partial charge >= 0.3 is 0 Å². The second-order valence-electron chi connectivity index (χ2n) is 8.29. The van der Waals surface area contributed by atoms with E-state index in [4.69, 9.17) is 20.6 Å². The van der Waals surface area contributed by atoms with Crippen LogP contribution in [0.2, 0.25) is 0 Å². The first-order chi connectivity index (χ1) is 15.0. The van der Waals surface area contributed by atoms with Crippen LogP contribution in [0, 0.1) is 12.3 Å². The van der Waals surface area contributed by atoms with Gasteiger partial charge in [-0.15, -0.1) is 0 Å². The SMILES string of the molecule is COc1cnc(C(=O)Nc2ccc3c(c2)C(CS(=O)(=O)C(C)(C)C(=N)N)CCO3)c(C)c1. The molecule has 1 atom stereocenters. The van der Waals surface area contributed by atoms with Crippen molar-refractivity contribution in [2.24, 2.45) is 5.73 Å². The summed E-state index contributed by atoms with van der Waals surface area (Å²) in [7, 11) is -2.18. The molecule has 4 N–H and O–H groups in total. The second kappa shape index (κ2) is 8.78. The summed E-state index contributed by atoms with van der Waals surface area (Å²) in [5.41, 5.74) is 7.67. The van der Waals surface area contributed by atoms with Crippen LogP contribution in [0.25, 0.3) is 0 Å². The zero-order valence-corrected chi connectivity index (χ0v) is 19.4. The smallest absolute Gasteiger partial charge is 0.274 e. The van der Waals surface area contributed by atoms with Crippen LogP contribution in [0.3, 0.4) is 0 Å². The lowest BCUT2D eigenvalue weighted by molar-refractivity contribution is 0.102. The molecule has 1 aromatic heterocycles. The number of carbonyl (C=O) groups is 1. The van der Waals surface area contributed by atoms with Gasteiger partial charge in [-0.1, -0.05) is 0 Å². The molecule has 1 aromatic carbocycles. The average molecular weight is 461 g/mol. The molecule has 0 bridgehead atoms. The van der Waals surface area contributed by atoms with Gasteiger partial charge in [0.15, 0.2) is 9.84 Å². The molecule has 32 heavy (non-hydrogen) atoms. The Morgan fingerprint density at radius 3 is 2.72 bits per heavy atom. The number of hydrogen-bond donors (Lipinski definition) is 3. The van der Waals surface area contributed by atoms with Crippen molar-refractivity contribution in [1.82, 2.24) is 4.98 Å². The molecule has 2 heterocycles. The van der Waals surface area contributed by atoms with Crippen LogP contribution >= 0.6 is 0 Å². The largest absolute Gasteiger partial charge is 0.495 e. The number of aryl methyl sites for hydroxylation is 1. The molecular weight excluding hydrogens is 432 g/mol. The molecular formula is C22H28N4O5S. The van der Waals surface area contributed by atoms with Crippen LogP contribution in [-0.4, -0.2) is 49.4 Å². The van der Waals surface area contributed by atoms with Crippen molar-refractivity contribution >= 4 is 27.3 Å². The zero-order chi connectivity index (χ0) is 23.7. The van der Waals surface area contributed by atoms with Crippen molar-refractivity contribution in [3.63, 3.8) is 0 Å². The molecule has 0 fully saturated rings. The predicted molar refractivity (Wildman–Crippen MR) is 123 cm³/mol. The van der Waals surface area contributed by atoms with Gasteiger partial charge in [-0.25, -0.2) is 13.4 Å². The minimum Gasteiger partial charge on any atom is -0.495 e. The molecule has 0 radical (unpaired) electrons. The topological polar surface area (TPSA) is 144 Å². The predicted octanol–water partition coefficient (Wildman–Crippen LogP) is 2.65. The van der Waals surface area contributed by atoms with Gasteiger partial charge in [0.1, 0.15) is 27.8 Å². The molecule has 1 aliphatic heterocycles. The number of rotatable bonds is 7. The number of aromatic nitrogens is 1. The van der Waals surface area contributed by atoms with Crippen LogP contribution in [-0.2, 0) is 9.84 Å². The van der Waals surface area contributed by atoms with E-state index >= 15 is 0 Å². The van der Waals surface area contributed by atoms with Crippen LogP contribution in [0.5, 0.6) is 11.5 Å². The van der Waals surface area contributed by atoms with Crippen molar-refractivity contribution in [1.29, 1.82) is 5.41 Å². The maximum atomic E-state index is 13.0. The van der Waals surface area contributed by atoms with E-state index in [-0.39, 0.29) is 23.3 Å². The summed E-state index contributed by atoms with van der Waals surface area (Å²) in [6.07, 6.45) is 1.97. The van der Waals surface area contributed by atoms with E-state index in [2.05, 4.69) is 10.3 Å². The molecule has 0 saturated heterocycles. The van der Waals surface area contributed by atoms with Crippen molar-refractivity contribution in [3.8, 4) is 11.5 Å². The Labute approximate surface area is 187 Å². The van der Waals surface area contributed by atoms with E-state index in [9.17, 15) is 13.2 Å². The number of sulfone groups is 1. The molecule has 9 nitrogen and oxygen atoms in total. The van der Waals surface area contributed by atoms with Crippen molar-refractivity contribution in [3.05, 3.63) is 47.3 Å². The highest BCUT2D eigenvalue weighted by molar-refractivity contribution is 7.93. The van der Waals surface area contributed by atoms with E-state index in [1.54, 1.807) is 31.2 Å². The first kappa shape index (κ1) is 23.5. The number of pyridine rings is 1. The monoisotopic (exact) mass is 460 g/mol. The molecule has 1 amide bonds. The standard InChI is InChI=1S/C22H28N4O5S/c1-13-9-16(30-4)11-25-19(13)20(27)26-15-5-6-18-17(10-15)14(7-8-31-18)12-32(28,29)22(2,3)21(23)24/h5-6,9-11,14H,7-8,12H2,1-4H3,(H3,23,24)(H,26,27). The molecule has 0 saturated carbocycles. The molecule has 1 aliphatic rings. The number of carbonyl (C=O) groups excluding carboxylic acids is 1. The molecule has 0 spiro atoms. The number of nitrogens with one attached hydrogen (secondary N) is 2. The summed E-state index contributed by atoms with van der Waals surface area (Å²) < 4.78 is 35.3. The Kier molecular flexibility index (Phi) is 6.45. The third-order valence-electron chi connectivity index (χ3n) is 5.78. The zero-order valence-electron chi connectivity index (χ0n) is 18.6. The summed E-state index contributed by atoms with van der Waals surface area (Å²) in [5, 5.41) is 10.5. The number of hydrogen-bond acceptors (Lipinski definition) is 7. The molecule has 1 unspecified atom stereocenters. The molecule has 172 valence electrons. The number of anilines is 1. The maximum absolute atomic E-state index is 13.0. The normalized spacial score (nSPS) is 15.9. The number of amidine groups is 1. The van der Waals surface area contributed by atoms with E-state index in [1.165, 1.54) is 27.2 Å². The van der Waals surface area contributed by atoms with E-state index in [0.29, 0.717) is 41.3 Å². The molecule has 2 aromatic rings. The highest BCUT2D eigenvalue weighted by Gasteiger charge is 2.40. The van der Waals surface area contributed by atoms with Gasteiger partial charge in [0.2, 0.25) is 0 Å². The number of ether oxygens (including phenoxy) is 2. The Morgan fingerprint density at radius 2 is 2.09 bits per heavy atom. The fourth-order valence-electron chi connectivity index (χ4n) is 3.45. The summed E-state index contributed by atoms with van der Waals surface area (Å²) in [4.78, 5) is 16.9. The van der Waals surface area contributed by atoms with Crippen molar-refractivity contribution in [2.45, 2.75) is 37.9 Å². The van der Waals surface area contributed by atoms with Gasteiger partial charge in [0.25, 0.3) is 5.91 Å². The molecule has 3 rings (SSSR count). The first-order valence-corrected chi connectivity index (χ1v) is 11.8. The minimum atomic E-state index is -3.71. The quantitative estimate of drug-likeness (QED) is 0.425. The third-order valence-corrected chi connectivity index (χ3v) is 8.40. The minimum absolute atomic E-state index is 0.174. The van der Waals surface area contributed by atoms with Gasteiger partial charge in [0, 0.05) is 17.2 Å². The number of nitrogens with zero attached hydrogens (tertiary/aromatic N) is 1. The number of fused-ring (bicyclic) bond motifs is 1. The Bertz CT molecular complexity index is 1160. The maximum Gasteiger partial charge on any atom is 0.274 e. The molecule has 0 aliphatic carbocycles. The summed E-state index contributed by atoms with van der Waals surface area (Å²) >= 11 is 0. The Balaban J connectivity index is 1.86.